The molecular formula is C28H27BrNO4S-. The molecule has 1 fully saturated rings. The molecule has 1 aliphatic heterocycles. The normalized spacial score (nSPS) is 13.9. The molecule has 5 nitrogen and oxygen atoms in total. The molecule has 35 heavy (non-hydrogen) atoms. The first kappa shape index (κ1) is 25.2. The minimum Gasteiger partial charge on any atom is -1.00 e. The minimum absolute atomic E-state index is 0. The van der Waals surface area contributed by atoms with Crippen LogP contribution in [0.25, 0.3) is 20.5 Å². The van der Waals surface area contributed by atoms with Crippen LogP contribution in [-0.4, -0.2) is 47.1 Å². The Labute approximate surface area is 219 Å². The summed E-state index contributed by atoms with van der Waals surface area (Å²) in [5.74, 6) is 1.01. The van der Waals surface area contributed by atoms with Crippen LogP contribution in [0.15, 0.2) is 66.7 Å². The van der Waals surface area contributed by atoms with Crippen LogP contribution in [0.3, 0.4) is 0 Å². The fraction of sp³-hybridized carbons (Fsp3) is 0.250. The summed E-state index contributed by atoms with van der Waals surface area (Å²) in [6.07, 6.45) is 3.85. The number of ether oxygens (including phenoxy) is 1. The van der Waals surface area contributed by atoms with Crippen molar-refractivity contribution in [3.05, 3.63) is 77.9 Å². The fourth-order valence-corrected chi connectivity index (χ4v) is 5.69. The smallest absolute Gasteiger partial charge is 0.195 e. The first-order valence-corrected chi connectivity index (χ1v) is 12.4. The van der Waals surface area contributed by atoms with E-state index in [0.29, 0.717) is 17.7 Å². The van der Waals surface area contributed by atoms with E-state index in [0.717, 1.165) is 45.9 Å². The number of hydrogen-bond acceptors (Lipinski definition) is 6. The number of phenolic OH excluding ortho intramolecular Hbond substituents is 2. The number of aromatic hydroxyl groups is 2. The second kappa shape index (κ2) is 11.2. The summed E-state index contributed by atoms with van der Waals surface area (Å²) in [5.41, 5.74) is 2.03. The molecule has 0 radical (unpaired) electrons. The number of rotatable bonds is 7. The molecule has 3 aromatic carbocycles. The predicted molar refractivity (Wildman–Crippen MR) is 136 cm³/mol. The van der Waals surface area contributed by atoms with Gasteiger partial charge in [0.1, 0.15) is 23.9 Å². The first-order chi connectivity index (χ1) is 16.6. The van der Waals surface area contributed by atoms with Crippen LogP contribution in [0.2, 0.25) is 0 Å². The van der Waals surface area contributed by atoms with E-state index in [-0.39, 0.29) is 34.3 Å². The molecule has 0 saturated carbocycles. The Morgan fingerprint density at radius 1 is 0.886 bits per heavy atom. The SMILES string of the molecule is O=C(c1ccc(OCCN2CCCCC2)cc1)c1c(-c2ccc(O)cc2)sc2cc(O)ccc12.[Br-]. The molecule has 182 valence electrons. The van der Waals surface area contributed by atoms with Crippen LogP contribution in [0.1, 0.15) is 35.2 Å². The van der Waals surface area contributed by atoms with Crippen molar-refractivity contribution in [2.75, 3.05) is 26.2 Å². The summed E-state index contributed by atoms with van der Waals surface area (Å²) in [4.78, 5) is 16.9. The lowest BCUT2D eigenvalue weighted by atomic mass is 9.97. The second-order valence-corrected chi connectivity index (χ2v) is 9.69. The van der Waals surface area contributed by atoms with E-state index in [1.54, 1.807) is 42.5 Å². The van der Waals surface area contributed by atoms with Crippen LogP contribution < -0.4 is 21.7 Å². The van der Waals surface area contributed by atoms with E-state index in [9.17, 15) is 15.0 Å². The van der Waals surface area contributed by atoms with Gasteiger partial charge in [-0.25, -0.2) is 0 Å². The molecule has 1 saturated heterocycles. The molecule has 0 aliphatic carbocycles. The lowest BCUT2D eigenvalue weighted by Crippen LogP contribution is -3.00. The summed E-state index contributed by atoms with van der Waals surface area (Å²) in [6.45, 7) is 3.85. The molecule has 0 amide bonds. The number of benzene rings is 3. The maximum absolute atomic E-state index is 13.6. The molecule has 1 aliphatic rings. The Hall–Kier alpha value is -2.87. The molecule has 2 heterocycles. The summed E-state index contributed by atoms with van der Waals surface area (Å²) in [7, 11) is 0. The number of piperidine rings is 1. The summed E-state index contributed by atoms with van der Waals surface area (Å²) >= 11 is 1.46. The summed E-state index contributed by atoms with van der Waals surface area (Å²) < 4.78 is 6.76. The van der Waals surface area contributed by atoms with E-state index >= 15 is 0 Å². The van der Waals surface area contributed by atoms with Crippen molar-refractivity contribution in [2.45, 2.75) is 19.3 Å². The van der Waals surface area contributed by atoms with Gasteiger partial charge in [-0.2, -0.15) is 0 Å². The molecule has 0 spiro atoms. The van der Waals surface area contributed by atoms with Gasteiger partial charge in [-0.15, -0.1) is 11.3 Å². The molecule has 2 N–H and O–H groups in total. The standard InChI is InChI=1S/C28H27NO4S.BrH/c30-21-8-4-20(5-9-21)28-26(24-13-10-22(31)18-25(24)34-28)27(32)19-6-11-23(12-7-19)33-17-16-29-14-2-1-3-15-29;/h4-13,18,30-31H,1-3,14-17H2;1H/p-1. The number of ketones is 1. The van der Waals surface area contributed by atoms with Crippen molar-refractivity contribution in [3.8, 4) is 27.7 Å². The predicted octanol–water partition coefficient (Wildman–Crippen LogP) is 3.08. The molecule has 5 rings (SSSR count). The highest BCUT2D eigenvalue weighted by molar-refractivity contribution is 7.22. The average molecular weight is 553 g/mol. The third-order valence-electron chi connectivity index (χ3n) is 6.27. The molecule has 4 aromatic rings. The zero-order valence-corrected chi connectivity index (χ0v) is 21.6. The molecule has 0 unspecified atom stereocenters. The number of carbonyl (C=O) groups is 1. The third kappa shape index (κ3) is 5.69. The lowest BCUT2D eigenvalue weighted by Gasteiger charge is -2.26. The van der Waals surface area contributed by atoms with Crippen LogP contribution in [-0.2, 0) is 0 Å². The Kier molecular flexibility index (Phi) is 8.11. The van der Waals surface area contributed by atoms with Crippen molar-refractivity contribution in [3.63, 3.8) is 0 Å². The fourth-order valence-electron chi connectivity index (χ4n) is 4.45. The first-order valence-electron chi connectivity index (χ1n) is 11.6. The maximum atomic E-state index is 13.6. The van der Waals surface area contributed by atoms with Gasteiger partial charge in [-0.3, -0.25) is 9.69 Å². The van der Waals surface area contributed by atoms with Crippen molar-refractivity contribution in [1.82, 2.24) is 4.90 Å². The average Bonchev–Trinajstić information content (AvgIpc) is 3.23. The van der Waals surface area contributed by atoms with Gasteiger partial charge in [0.05, 0.1) is 0 Å². The minimum atomic E-state index is -0.0834. The number of thiophene rings is 1. The summed E-state index contributed by atoms with van der Waals surface area (Å²) in [6, 6.07) is 19.2. The van der Waals surface area contributed by atoms with Gasteiger partial charge in [0.2, 0.25) is 0 Å². The van der Waals surface area contributed by atoms with Gasteiger partial charge >= 0.3 is 0 Å². The highest BCUT2D eigenvalue weighted by atomic mass is 79.9. The highest BCUT2D eigenvalue weighted by Gasteiger charge is 2.22. The maximum Gasteiger partial charge on any atom is 0.195 e. The monoisotopic (exact) mass is 552 g/mol. The molecular weight excluding hydrogens is 526 g/mol. The zero-order chi connectivity index (χ0) is 23.5. The van der Waals surface area contributed by atoms with Crippen LogP contribution in [0.4, 0.5) is 0 Å². The number of phenols is 2. The summed E-state index contributed by atoms with van der Waals surface area (Å²) in [5, 5.41) is 20.4. The van der Waals surface area contributed by atoms with Gasteiger partial charge in [-0.05, 0) is 98.2 Å². The van der Waals surface area contributed by atoms with E-state index in [1.807, 2.05) is 24.3 Å². The zero-order valence-electron chi connectivity index (χ0n) is 19.2. The van der Waals surface area contributed by atoms with Crippen LogP contribution >= 0.6 is 11.3 Å². The van der Waals surface area contributed by atoms with Crippen molar-refractivity contribution in [2.24, 2.45) is 0 Å². The topological polar surface area (TPSA) is 70.0 Å². The largest absolute Gasteiger partial charge is 1.00 e. The quantitative estimate of drug-likeness (QED) is 0.345. The third-order valence-corrected chi connectivity index (χ3v) is 7.47. The van der Waals surface area contributed by atoms with E-state index < -0.39 is 0 Å². The molecule has 7 heteroatoms. The Balaban J connectivity index is 0.00000289. The van der Waals surface area contributed by atoms with E-state index in [2.05, 4.69) is 4.90 Å². The Morgan fingerprint density at radius 3 is 2.29 bits per heavy atom. The number of likely N-dealkylation sites (tertiary alicyclic amines) is 1. The van der Waals surface area contributed by atoms with Crippen molar-refractivity contribution >= 4 is 27.2 Å². The van der Waals surface area contributed by atoms with Crippen LogP contribution in [0.5, 0.6) is 17.2 Å². The molecule has 1 aromatic heterocycles. The number of nitrogens with zero attached hydrogens (tertiary/aromatic N) is 1. The Bertz CT molecular complexity index is 1300. The van der Waals surface area contributed by atoms with E-state index in [4.69, 9.17) is 4.74 Å². The Morgan fingerprint density at radius 2 is 1.57 bits per heavy atom. The second-order valence-electron chi connectivity index (χ2n) is 8.64. The number of carbonyl (C=O) groups excluding carboxylic acids is 1. The van der Waals surface area contributed by atoms with Gasteiger partial charge < -0.3 is 31.9 Å². The number of halogens is 1. The lowest BCUT2D eigenvalue weighted by molar-refractivity contribution is -0.0000164. The highest BCUT2D eigenvalue weighted by Crippen LogP contribution is 2.41. The van der Waals surface area contributed by atoms with Gasteiger partial charge in [0.15, 0.2) is 5.78 Å². The van der Waals surface area contributed by atoms with Crippen molar-refractivity contribution < 1.29 is 36.7 Å². The van der Waals surface area contributed by atoms with Gasteiger partial charge in [0.25, 0.3) is 0 Å². The number of hydrogen-bond donors (Lipinski definition) is 2. The number of fused-ring (bicyclic) bond motifs is 1. The molecule has 0 atom stereocenters. The van der Waals surface area contributed by atoms with Crippen LogP contribution in [0, 0.1) is 0 Å². The van der Waals surface area contributed by atoms with E-state index in [1.165, 1.54) is 30.6 Å². The van der Waals surface area contributed by atoms with Gasteiger partial charge in [-0.1, -0.05) is 6.42 Å². The molecule has 0 bridgehead atoms. The van der Waals surface area contributed by atoms with Gasteiger partial charge in [0, 0.05) is 32.6 Å². The van der Waals surface area contributed by atoms with Crippen molar-refractivity contribution in [1.29, 1.82) is 0 Å².